The fraction of sp³-hybridized carbons (Fsp3) is 0.625. The average molecular weight is 281 g/mol. The van der Waals surface area contributed by atoms with Gasteiger partial charge in [0.15, 0.2) is 0 Å². The Hall–Kier alpha value is -0.730. The van der Waals surface area contributed by atoms with Crippen molar-refractivity contribution in [2.75, 3.05) is 18.4 Å². The van der Waals surface area contributed by atoms with Gasteiger partial charge in [-0.3, -0.25) is 4.90 Å². The highest BCUT2D eigenvalue weighted by atomic mass is 35.5. The Balaban J connectivity index is 0.00000133. The van der Waals surface area contributed by atoms with Crippen molar-refractivity contribution in [3.8, 4) is 0 Å². The summed E-state index contributed by atoms with van der Waals surface area (Å²) in [6.45, 7) is 8.23. The second kappa shape index (κ2) is 6.15. The highest BCUT2D eigenvalue weighted by Crippen LogP contribution is 2.32. The number of nitrogens with zero attached hydrogens (tertiary/aromatic N) is 1. The molecule has 2 atom stereocenters. The molecule has 1 aromatic carbocycles. The number of hydrogen-bond acceptors (Lipinski definition) is 2. The van der Waals surface area contributed by atoms with Gasteiger partial charge in [-0.1, -0.05) is 32.0 Å². The predicted molar refractivity (Wildman–Crippen MR) is 84.2 cm³/mol. The van der Waals surface area contributed by atoms with Crippen LogP contribution in [0, 0.1) is 5.92 Å². The first kappa shape index (κ1) is 14.7. The Morgan fingerprint density at radius 3 is 3.00 bits per heavy atom. The zero-order chi connectivity index (χ0) is 12.5. The Morgan fingerprint density at radius 1 is 1.37 bits per heavy atom. The SMILES string of the molecule is CCC1C(C)CCN1Cc1cccc2c1NCC2.Cl. The van der Waals surface area contributed by atoms with Crippen LogP contribution in [0.15, 0.2) is 18.2 Å². The molecule has 2 nitrogen and oxygen atoms in total. The molecule has 0 radical (unpaired) electrons. The molecule has 2 aliphatic rings. The zero-order valence-electron chi connectivity index (χ0n) is 12.0. The third-order valence-electron chi connectivity index (χ3n) is 4.72. The maximum Gasteiger partial charge on any atom is 0.0419 e. The van der Waals surface area contributed by atoms with E-state index in [1.54, 1.807) is 0 Å². The lowest BCUT2D eigenvalue weighted by Crippen LogP contribution is -2.31. The number of anilines is 1. The molecule has 1 saturated heterocycles. The summed E-state index contributed by atoms with van der Waals surface area (Å²) in [5.74, 6) is 0.861. The first-order valence-corrected chi connectivity index (χ1v) is 7.38. The summed E-state index contributed by atoms with van der Waals surface area (Å²) in [6, 6.07) is 7.57. The summed E-state index contributed by atoms with van der Waals surface area (Å²) in [5.41, 5.74) is 4.43. The minimum Gasteiger partial charge on any atom is -0.384 e. The fourth-order valence-corrected chi connectivity index (χ4v) is 3.71. The summed E-state index contributed by atoms with van der Waals surface area (Å²) in [6.07, 6.45) is 3.83. The molecule has 2 heterocycles. The summed E-state index contributed by atoms with van der Waals surface area (Å²) >= 11 is 0. The number of hydrogen-bond donors (Lipinski definition) is 1. The Labute approximate surface area is 123 Å². The van der Waals surface area contributed by atoms with Gasteiger partial charge in [-0.05, 0) is 42.9 Å². The molecule has 1 aromatic rings. The molecule has 0 amide bonds. The lowest BCUT2D eigenvalue weighted by molar-refractivity contribution is 0.217. The molecule has 19 heavy (non-hydrogen) atoms. The normalized spacial score (nSPS) is 25.8. The van der Waals surface area contributed by atoms with Crippen molar-refractivity contribution in [1.82, 2.24) is 4.90 Å². The maximum absolute atomic E-state index is 3.56. The van der Waals surface area contributed by atoms with E-state index < -0.39 is 0 Å². The average Bonchev–Trinajstić information content (AvgIpc) is 2.97. The number of likely N-dealkylation sites (tertiary alicyclic amines) is 1. The van der Waals surface area contributed by atoms with E-state index in [0.717, 1.165) is 25.0 Å². The van der Waals surface area contributed by atoms with Gasteiger partial charge in [0.25, 0.3) is 0 Å². The minimum absolute atomic E-state index is 0. The minimum atomic E-state index is 0. The van der Waals surface area contributed by atoms with Crippen molar-refractivity contribution < 1.29 is 0 Å². The van der Waals surface area contributed by atoms with Crippen molar-refractivity contribution in [1.29, 1.82) is 0 Å². The lowest BCUT2D eigenvalue weighted by atomic mass is 10.0. The zero-order valence-corrected chi connectivity index (χ0v) is 12.8. The molecule has 0 aromatic heterocycles. The number of rotatable bonds is 3. The van der Waals surface area contributed by atoms with E-state index in [1.807, 2.05) is 0 Å². The van der Waals surface area contributed by atoms with Gasteiger partial charge in [0.2, 0.25) is 0 Å². The highest BCUT2D eigenvalue weighted by Gasteiger charge is 2.30. The fourth-order valence-electron chi connectivity index (χ4n) is 3.71. The Morgan fingerprint density at radius 2 is 2.21 bits per heavy atom. The van der Waals surface area contributed by atoms with Gasteiger partial charge in [-0.15, -0.1) is 12.4 Å². The second-order valence-electron chi connectivity index (χ2n) is 5.84. The lowest BCUT2D eigenvalue weighted by Gasteiger charge is -2.26. The molecule has 2 unspecified atom stereocenters. The van der Waals surface area contributed by atoms with Crippen LogP contribution in [0.2, 0.25) is 0 Å². The van der Waals surface area contributed by atoms with Crippen molar-refractivity contribution >= 4 is 18.1 Å². The molecule has 1 N–H and O–H groups in total. The molecule has 3 rings (SSSR count). The van der Waals surface area contributed by atoms with Gasteiger partial charge < -0.3 is 5.32 Å². The predicted octanol–water partition coefficient (Wildman–Crippen LogP) is 3.70. The summed E-state index contributed by atoms with van der Waals surface area (Å²) in [4.78, 5) is 2.68. The van der Waals surface area contributed by atoms with Gasteiger partial charge in [0, 0.05) is 24.8 Å². The van der Waals surface area contributed by atoms with E-state index in [-0.39, 0.29) is 12.4 Å². The number of benzene rings is 1. The van der Waals surface area contributed by atoms with Crippen LogP contribution in [0.25, 0.3) is 0 Å². The van der Waals surface area contributed by atoms with Gasteiger partial charge in [0.05, 0.1) is 0 Å². The molecule has 0 aliphatic carbocycles. The van der Waals surface area contributed by atoms with Crippen LogP contribution in [0.1, 0.15) is 37.8 Å². The molecule has 1 fully saturated rings. The van der Waals surface area contributed by atoms with Crippen molar-refractivity contribution in [2.45, 2.75) is 45.7 Å². The largest absolute Gasteiger partial charge is 0.384 e. The molecule has 3 heteroatoms. The third kappa shape index (κ3) is 2.75. The van der Waals surface area contributed by atoms with E-state index in [9.17, 15) is 0 Å². The molecule has 0 spiro atoms. The summed E-state index contributed by atoms with van der Waals surface area (Å²) in [5, 5.41) is 3.56. The first-order chi connectivity index (χ1) is 8.79. The summed E-state index contributed by atoms with van der Waals surface area (Å²) < 4.78 is 0. The molecule has 106 valence electrons. The second-order valence-corrected chi connectivity index (χ2v) is 5.84. The van der Waals surface area contributed by atoms with Crippen molar-refractivity contribution in [2.24, 2.45) is 5.92 Å². The molecular formula is C16H25ClN2. The van der Waals surface area contributed by atoms with Crippen LogP contribution in [-0.2, 0) is 13.0 Å². The van der Waals surface area contributed by atoms with Crippen LogP contribution >= 0.6 is 12.4 Å². The number of para-hydroxylation sites is 1. The van der Waals surface area contributed by atoms with Crippen molar-refractivity contribution in [3.63, 3.8) is 0 Å². The van der Waals surface area contributed by atoms with Crippen LogP contribution in [0.3, 0.4) is 0 Å². The number of halogens is 1. The number of fused-ring (bicyclic) bond motifs is 1. The van der Waals surface area contributed by atoms with Gasteiger partial charge in [-0.25, -0.2) is 0 Å². The van der Waals surface area contributed by atoms with E-state index in [2.05, 4.69) is 42.3 Å². The van der Waals surface area contributed by atoms with E-state index in [0.29, 0.717) is 0 Å². The Kier molecular flexibility index (Phi) is 4.75. The maximum atomic E-state index is 3.56. The van der Waals surface area contributed by atoms with Gasteiger partial charge >= 0.3 is 0 Å². The molecule has 0 bridgehead atoms. The quantitative estimate of drug-likeness (QED) is 0.908. The number of nitrogens with one attached hydrogen (secondary N) is 1. The third-order valence-corrected chi connectivity index (χ3v) is 4.72. The van der Waals surface area contributed by atoms with Gasteiger partial charge in [-0.2, -0.15) is 0 Å². The molecule has 2 aliphatic heterocycles. The van der Waals surface area contributed by atoms with Crippen molar-refractivity contribution in [3.05, 3.63) is 29.3 Å². The van der Waals surface area contributed by atoms with Gasteiger partial charge in [0.1, 0.15) is 0 Å². The molecular weight excluding hydrogens is 256 g/mol. The van der Waals surface area contributed by atoms with E-state index >= 15 is 0 Å². The van der Waals surface area contributed by atoms with Crippen LogP contribution in [-0.4, -0.2) is 24.0 Å². The van der Waals surface area contributed by atoms with Crippen LogP contribution in [0.4, 0.5) is 5.69 Å². The van der Waals surface area contributed by atoms with E-state index in [1.165, 1.54) is 42.6 Å². The molecule has 0 saturated carbocycles. The first-order valence-electron chi connectivity index (χ1n) is 7.38. The summed E-state index contributed by atoms with van der Waals surface area (Å²) in [7, 11) is 0. The van der Waals surface area contributed by atoms with Crippen LogP contribution < -0.4 is 5.32 Å². The Bertz CT molecular complexity index is 433. The van der Waals surface area contributed by atoms with E-state index in [4.69, 9.17) is 0 Å². The topological polar surface area (TPSA) is 15.3 Å². The standard InChI is InChI=1S/C16H24N2.ClH/c1-3-15-12(2)8-10-18(15)11-14-6-4-5-13-7-9-17-16(13)14;/h4-6,12,15,17H,3,7-11H2,1-2H3;1H. The highest BCUT2D eigenvalue weighted by molar-refractivity contribution is 5.85. The van der Waals surface area contributed by atoms with Crippen LogP contribution in [0.5, 0.6) is 0 Å². The smallest absolute Gasteiger partial charge is 0.0419 e. The monoisotopic (exact) mass is 280 g/mol.